The molecular weight excluding hydrogens is 464 g/mol. The zero-order valence-corrected chi connectivity index (χ0v) is 18.5. The van der Waals surface area contributed by atoms with Crippen LogP contribution in [0.2, 0.25) is 0 Å². The van der Waals surface area contributed by atoms with E-state index in [1.807, 2.05) is 0 Å². The van der Waals surface area contributed by atoms with Gasteiger partial charge in [0.05, 0.1) is 11.9 Å². The standard InChI is InChI=1S/C23H17F2N5O3S/c1-30-12-22(27-29-30)34(32,33)28-21-5-3-2-4-16(21)18-8-13-11-26-23(31)17(13)10-19(18)15-7-6-14(24)9-20(15)25/h2-10,12,28H,11H2,1H3,(H,26,31). The summed E-state index contributed by atoms with van der Waals surface area (Å²) in [5, 5.41) is 9.77. The number of nitrogens with one attached hydrogen (secondary N) is 2. The number of para-hydroxylation sites is 1. The monoisotopic (exact) mass is 481 g/mol. The van der Waals surface area contributed by atoms with Gasteiger partial charge in [0, 0.05) is 36.3 Å². The first-order valence-electron chi connectivity index (χ1n) is 10.1. The second-order valence-electron chi connectivity index (χ2n) is 7.74. The van der Waals surface area contributed by atoms with Crippen LogP contribution in [0.1, 0.15) is 15.9 Å². The molecule has 0 unspecified atom stereocenters. The van der Waals surface area contributed by atoms with Crippen molar-refractivity contribution in [2.75, 3.05) is 4.72 Å². The Hall–Kier alpha value is -4.12. The fourth-order valence-electron chi connectivity index (χ4n) is 3.88. The zero-order valence-electron chi connectivity index (χ0n) is 17.7. The predicted octanol–water partition coefficient (Wildman–Crippen LogP) is 3.47. The lowest BCUT2D eigenvalue weighted by atomic mass is 9.90. The fourth-order valence-corrected chi connectivity index (χ4v) is 4.89. The Morgan fingerprint density at radius 1 is 0.971 bits per heavy atom. The third-order valence-electron chi connectivity index (χ3n) is 5.47. The molecule has 1 aliphatic rings. The van der Waals surface area contributed by atoms with Gasteiger partial charge in [0.2, 0.25) is 5.03 Å². The molecule has 0 fully saturated rings. The highest BCUT2D eigenvalue weighted by Crippen LogP contribution is 2.40. The number of sulfonamides is 1. The molecule has 2 heterocycles. The summed E-state index contributed by atoms with van der Waals surface area (Å²) in [6.45, 7) is 0.279. The minimum atomic E-state index is -4.07. The molecule has 172 valence electrons. The number of aromatic nitrogens is 3. The molecule has 0 spiro atoms. The number of fused-ring (bicyclic) bond motifs is 1. The van der Waals surface area contributed by atoms with Gasteiger partial charge in [-0.05, 0) is 47.0 Å². The van der Waals surface area contributed by atoms with Crippen molar-refractivity contribution in [1.82, 2.24) is 20.3 Å². The van der Waals surface area contributed by atoms with Crippen LogP contribution in [0, 0.1) is 11.6 Å². The molecule has 0 saturated carbocycles. The first-order chi connectivity index (χ1) is 16.2. The Morgan fingerprint density at radius 3 is 2.47 bits per heavy atom. The molecule has 34 heavy (non-hydrogen) atoms. The molecule has 5 rings (SSSR count). The summed E-state index contributed by atoms with van der Waals surface area (Å²) < 4.78 is 58.0. The Bertz CT molecular complexity index is 1570. The van der Waals surface area contributed by atoms with Crippen LogP contribution in [0.3, 0.4) is 0 Å². The maximum atomic E-state index is 14.8. The van der Waals surface area contributed by atoms with Crippen LogP contribution in [0.4, 0.5) is 14.5 Å². The first-order valence-corrected chi connectivity index (χ1v) is 11.6. The van der Waals surface area contributed by atoms with Gasteiger partial charge in [-0.2, -0.15) is 8.42 Å². The number of hydrogen-bond acceptors (Lipinski definition) is 5. The molecule has 0 aliphatic carbocycles. The number of amides is 1. The lowest BCUT2D eigenvalue weighted by molar-refractivity contribution is 0.0965. The summed E-state index contributed by atoms with van der Waals surface area (Å²) >= 11 is 0. The second kappa shape index (κ2) is 8.03. The summed E-state index contributed by atoms with van der Waals surface area (Å²) in [6.07, 6.45) is 1.26. The Balaban J connectivity index is 1.70. The number of halogens is 2. The minimum absolute atomic E-state index is 0.0745. The van der Waals surface area contributed by atoms with Gasteiger partial charge in [-0.3, -0.25) is 14.2 Å². The molecule has 3 aromatic carbocycles. The lowest BCUT2D eigenvalue weighted by Crippen LogP contribution is -2.14. The zero-order chi connectivity index (χ0) is 24.0. The van der Waals surface area contributed by atoms with E-state index in [0.717, 1.165) is 12.1 Å². The Kier molecular flexibility index (Phi) is 5.13. The van der Waals surface area contributed by atoms with E-state index in [-0.39, 0.29) is 28.7 Å². The number of rotatable bonds is 5. The summed E-state index contributed by atoms with van der Waals surface area (Å²) in [5.74, 6) is -1.85. The van der Waals surface area contributed by atoms with Crippen LogP contribution >= 0.6 is 0 Å². The van der Waals surface area contributed by atoms with Crippen molar-refractivity contribution >= 4 is 21.6 Å². The Morgan fingerprint density at radius 2 is 1.74 bits per heavy atom. The number of hydrogen-bond donors (Lipinski definition) is 2. The summed E-state index contributed by atoms with van der Waals surface area (Å²) in [5.41, 5.74) is 2.58. The molecule has 1 amide bonds. The molecule has 1 aromatic heterocycles. The van der Waals surface area contributed by atoms with E-state index in [4.69, 9.17) is 0 Å². The average Bonchev–Trinajstić information content (AvgIpc) is 3.39. The predicted molar refractivity (Wildman–Crippen MR) is 120 cm³/mol. The van der Waals surface area contributed by atoms with Crippen LogP contribution < -0.4 is 10.0 Å². The summed E-state index contributed by atoms with van der Waals surface area (Å²) in [7, 11) is -2.52. The highest BCUT2D eigenvalue weighted by atomic mass is 32.2. The maximum absolute atomic E-state index is 14.8. The number of carbonyl (C=O) groups is 1. The van der Waals surface area contributed by atoms with Crippen molar-refractivity contribution in [1.29, 1.82) is 0 Å². The molecule has 11 heteroatoms. The second-order valence-corrected chi connectivity index (χ2v) is 9.37. The van der Waals surface area contributed by atoms with Gasteiger partial charge < -0.3 is 5.32 Å². The van der Waals surface area contributed by atoms with Gasteiger partial charge in [0.1, 0.15) is 11.6 Å². The summed E-state index contributed by atoms with van der Waals surface area (Å²) in [4.78, 5) is 12.3. The molecule has 0 atom stereocenters. The van der Waals surface area contributed by atoms with Crippen LogP contribution in [-0.2, 0) is 23.6 Å². The average molecular weight is 481 g/mol. The smallest absolute Gasteiger partial charge is 0.282 e. The normalized spacial score (nSPS) is 13.0. The highest BCUT2D eigenvalue weighted by molar-refractivity contribution is 7.92. The molecule has 0 saturated heterocycles. The number of nitrogens with zero attached hydrogens (tertiary/aromatic N) is 3. The minimum Gasteiger partial charge on any atom is -0.348 e. The van der Waals surface area contributed by atoms with Crippen molar-refractivity contribution < 1.29 is 22.0 Å². The first kappa shape index (κ1) is 21.7. The van der Waals surface area contributed by atoms with Crippen LogP contribution in [0.25, 0.3) is 22.3 Å². The molecule has 0 radical (unpaired) electrons. The molecular formula is C23H17F2N5O3S. The van der Waals surface area contributed by atoms with Gasteiger partial charge in [-0.15, -0.1) is 5.10 Å². The van der Waals surface area contributed by atoms with E-state index in [0.29, 0.717) is 27.8 Å². The third-order valence-corrected chi connectivity index (χ3v) is 6.69. The van der Waals surface area contributed by atoms with Gasteiger partial charge in [-0.1, -0.05) is 23.4 Å². The largest absolute Gasteiger partial charge is 0.348 e. The van der Waals surface area contributed by atoms with E-state index < -0.39 is 21.7 Å². The molecule has 4 aromatic rings. The van der Waals surface area contributed by atoms with E-state index in [1.165, 1.54) is 23.0 Å². The third kappa shape index (κ3) is 3.79. The van der Waals surface area contributed by atoms with Crippen molar-refractivity contribution in [2.24, 2.45) is 7.05 Å². The summed E-state index contributed by atoms with van der Waals surface area (Å²) in [6, 6.07) is 13.0. The Labute approximate surface area is 193 Å². The molecule has 8 nitrogen and oxygen atoms in total. The SMILES string of the molecule is Cn1cc(S(=O)(=O)Nc2ccccc2-c2cc3c(cc2-c2ccc(F)cc2F)C(=O)NC3)nn1. The fraction of sp³-hybridized carbons (Fsp3) is 0.0870. The van der Waals surface area contributed by atoms with Gasteiger partial charge >= 0.3 is 0 Å². The lowest BCUT2D eigenvalue weighted by Gasteiger charge is -2.17. The van der Waals surface area contributed by atoms with Gasteiger partial charge in [0.25, 0.3) is 15.9 Å². The topological polar surface area (TPSA) is 106 Å². The van der Waals surface area contributed by atoms with E-state index >= 15 is 0 Å². The van der Waals surface area contributed by atoms with Crippen molar-refractivity contribution in [3.63, 3.8) is 0 Å². The molecule has 2 N–H and O–H groups in total. The van der Waals surface area contributed by atoms with E-state index in [9.17, 15) is 22.0 Å². The van der Waals surface area contributed by atoms with Crippen molar-refractivity contribution in [3.8, 4) is 22.3 Å². The number of aryl methyl sites for hydroxylation is 1. The van der Waals surface area contributed by atoms with E-state index in [1.54, 1.807) is 37.4 Å². The highest BCUT2D eigenvalue weighted by Gasteiger charge is 2.26. The quantitative estimate of drug-likeness (QED) is 0.454. The van der Waals surface area contributed by atoms with Crippen molar-refractivity contribution in [3.05, 3.63) is 83.6 Å². The molecule has 0 bridgehead atoms. The number of anilines is 1. The van der Waals surface area contributed by atoms with Crippen LogP contribution in [0.15, 0.2) is 65.8 Å². The van der Waals surface area contributed by atoms with E-state index in [2.05, 4.69) is 20.4 Å². The molecule has 1 aliphatic heterocycles. The van der Waals surface area contributed by atoms with Gasteiger partial charge in [-0.25, -0.2) is 8.78 Å². The maximum Gasteiger partial charge on any atom is 0.282 e. The number of carbonyl (C=O) groups excluding carboxylic acids is 1. The van der Waals surface area contributed by atoms with Crippen LogP contribution in [0.5, 0.6) is 0 Å². The van der Waals surface area contributed by atoms with Crippen LogP contribution in [-0.4, -0.2) is 29.3 Å². The van der Waals surface area contributed by atoms with Crippen molar-refractivity contribution in [2.45, 2.75) is 11.6 Å². The number of benzene rings is 3. The van der Waals surface area contributed by atoms with Gasteiger partial charge in [0.15, 0.2) is 0 Å².